The summed E-state index contributed by atoms with van der Waals surface area (Å²) < 4.78 is 26.4. The normalized spacial score (nSPS) is 13.0. The highest BCUT2D eigenvalue weighted by Crippen LogP contribution is 2.20. The lowest BCUT2D eigenvalue weighted by Gasteiger charge is -2.27. The van der Waals surface area contributed by atoms with Gasteiger partial charge < -0.3 is 5.11 Å². The molecule has 108 valence electrons. The van der Waals surface area contributed by atoms with Gasteiger partial charge in [0.2, 0.25) is 10.0 Å². The second-order valence-electron chi connectivity index (χ2n) is 5.57. The third-order valence-corrected chi connectivity index (χ3v) is 4.65. The third kappa shape index (κ3) is 4.30. The van der Waals surface area contributed by atoms with Crippen LogP contribution >= 0.6 is 0 Å². The molecule has 5 heteroatoms. The lowest BCUT2D eigenvalue weighted by Crippen LogP contribution is -2.42. The van der Waals surface area contributed by atoms with Gasteiger partial charge in [0, 0.05) is 13.1 Å². The summed E-state index contributed by atoms with van der Waals surface area (Å²) in [5.41, 5.74) is 0.776. The second-order valence-corrected chi connectivity index (χ2v) is 7.50. The first-order chi connectivity index (χ1) is 8.56. The summed E-state index contributed by atoms with van der Waals surface area (Å²) in [6.45, 7) is 9.14. The van der Waals surface area contributed by atoms with Crippen molar-refractivity contribution in [2.45, 2.75) is 45.1 Å². The van der Waals surface area contributed by atoms with Crippen molar-refractivity contribution in [3.63, 3.8) is 0 Å². The summed E-state index contributed by atoms with van der Waals surface area (Å²) in [6.07, 6.45) is 0. The molecule has 0 unspecified atom stereocenters. The SMILES string of the molecule is CCN(CC(C)(C)O)S(=O)(=O)c1cc(C)cc(C)c1. The molecule has 0 fully saturated rings. The van der Waals surface area contributed by atoms with E-state index in [4.69, 9.17) is 0 Å². The van der Waals surface area contributed by atoms with E-state index in [1.54, 1.807) is 32.9 Å². The lowest BCUT2D eigenvalue weighted by atomic mass is 10.1. The number of benzene rings is 1. The van der Waals surface area contributed by atoms with Gasteiger partial charge in [-0.1, -0.05) is 13.0 Å². The molecule has 0 aromatic heterocycles. The van der Waals surface area contributed by atoms with Crippen LogP contribution < -0.4 is 0 Å². The molecule has 0 saturated heterocycles. The van der Waals surface area contributed by atoms with E-state index < -0.39 is 15.6 Å². The van der Waals surface area contributed by atoms with E-state index in [-0.39, 0.29) is 11.4 Å². The van der Waals surface area contributed by atoms with Crippen molar-refractivity contribution in [1.82, 2.24) is 4.31 Å². The Kier molecular flexibility index (Phi) is 4.76. The zero-order valence-corrected chi connectivity index (χ0v) is 13.1. The van der Waals surface area contributed by atoms with E-state index in [9.17, 15) is 13.5 Å². The van der Waals surface area contributed by atoms with Crippen LogP contribution in [-0.4, -0.2) is 36.5 Å². The van der Waals surface area contributed by atoms with Crippen LogP contribution in [0.4, 0.5) is 0 Å². The molecule has 0 aliphatic carbocycles. The van der Waals surface area contributed by atoms with E-state index in [2.05, 4.69) is 0 Å². The summed E-state index contributed by atoms with van der Waals surface area (Å²) in [5, 5.41) is 9.83. The molecule has 0 bridgehead atoms. The fourth-order valence-electron chi connectivity index (χ4n) is 2.03. The van der Waals surface area contributed by atoms with Crippen LogP contribution in [0.15, 0.2) is 23.1 Å². The van der Waals surface area contributed by atoms with E-state index in [1.165, 1.54) is 4.31 Å². The van der Waals surface area contributed by atoms with Crippen molar-refractivity contribution < 1.29 is 13.5 Å². The quantitative estimate of drug-likeness (QED) is 0.901. The van der Waals surface area contributed by atoms with Gasteiger partial charge in [-0.05, 0) is 51.0 Å². The highest BCUT2D eigenvalue weighted by Gasteiger charge is 2.28. The molecule has 0 aliphatic heterocycles. The van der Waals surface area contributed by atoms with Crippen LogP contribution in [-0.2, 0) is 10.0 Å². The number of hydrogen-bond acceptors (Lipinski definition) is 3. The van der Waals surface area contributed by atoms with Crippen LogP contribution in [0, 0.1) is 13.8 Å². The molecule has 0 spiro atoms. The van der Waals surface area contributed by atoms with Gasteiger partial charge in [-0.2, -0.15) is 4.31 Å². The van der Waals surface area contributed by atoms with Gasteiger partial charge in [-0.25, -0.2) is 8.42 Å². The maximum absolute atomic E-state index is 12.6. The monoisotopic (exact) mass is 285 g/mol. The molecule has 0 amide bonds. The Labute approximate surface area is 116 Å². The van der Waals surface area contributed by atoms with Gasteiger partial charge in [0.1, 0.15) is 0 Å². The fourth-order valence-corrected chi connectivity index (χ4v) is 3.82. The van der Waals surface area contributed by atoms with Crippen LogP contribution in [0.25, 0.3) is 0 Å². The Morgan fingerprint density at radius 1 is 1.16 bits per heavy atom. The van der Waals surface area contributed by atoms with Crippen molar-refractivity contribution in [3.05, 3.63) is 29.3 Å². The number of hydrogen-bond donors (Lipinski definition) is 1. The van der Waals surface area contributed by atoms with Crippen molar-refractivity contribution in [3.8, 4) is 0 Å². The van der Waals surface area contributed by atoms with Crippen molar-refractivity contribution >= 4 is 10.0 Å². The number of sulfonamides is 1. The van der Waals surface area contributed by atoms with Crippen LogP contribution in [0.2, 0.25) is 0 Å². The predicted octanol–water partition coefficient (Wildman–Crippen LogP) is 2.08. The Bertz CT molecular complexity index is 524. The van der Waals surface area contributed by atoms with Crippen molar-refractivity contribution in [1.29, 1.82) is 0 Å². The van der Waals surface area contributed by atoms with Gasteiger partial charge in [0.15, 0.2) is 0 Å². The second kappa shape index (κ2) is 5.61. The zero-order chi connectivity index (χ0) is 14.8. The summed E-state index contributed by atoms with van der Waals surface area (Å²) in [4.78, 5) is 0.288. The van der Waals surface area contributed by atoms with Gasteiger partial charge in [0.05, 0.1) is 10.5 Å². The van der Waals surface area contributed by atoms with Gasteiger partial charge in [0.25, 0.3) is 0 Å². The zero-order valence-electron chi connectivity index (χ0n) is 12.3. The molecule has 1 aromatic carbocycles. The maximum atomic E-state index is 12.6. The van der Waals surface area contributed by atoms with Gasteiger partial charge in [-0.15, -0.1) is 0 Å². The third-order valence-electron chi connectivity index (χ3n) is 2.75. The lowest BCUT2D eigenvalue weighted by molar-refractivity contribution is 0.0601. The van der Waals surface area contributed by atoms with E-state index >= 15 is 0 Å². The Balaban J connectivity index is 3.20. The van der Waals surface area contributed by atoms with Crippen LogP contribution in [0.1, 0.15) is 31.9 Å². The Hall–Kier alpha value is -0.910. The Morgan fingerprint density at radius 2 is 1.63 bits per heavy atom. The van der Waals surface area contributed by atoms with Crippen molar-refractivity contribution in [2.75, 3.05) is 13.1 Å². The highest BCUT2D eigenvalue weighted by molar-refractivity contribution is 7.89. The number of aryl methyl sites for hydroxylation is 2. The van der Waals surface area contributed by atoms with Gasteiger partial charge >= 0.3 is 0 Å². The molecule has 0 aliphatic rings. The standard InChI is InChI=1S/C14H23NO3S/c1-6-15(10-14(4,5)16)19(17,18)13-8-11(2)7-12(3)9-13/h7-9,16H,6,10H2,1-5H3. The number of likely N-dealkylation sites (N-methyl/N-ethyl adjacent to an activating group) is 1. The molecule has 19 heavy (non-hydrogen) atoms. The minimum Gasteiger partial charge on any atom is -0.389 e. The molecule has 4 nitrogen and oxygen atoms in total. The Morgan fingerprint density at radius 3 is 2.00 bits per heavy atom. The minimum atomic E-state index is -3.56. The molecule has 1 N–H and O–H groups in total. The van der Waals surface area contributed by atoms with E-state index in [0.29, 0.717) is 6.54 Å². The summed E-state index contributed by atoms with van der Waals surface area (Å²) in [6, 6.07) is 5.26. The number of rotatable bonds is 5. The highest BCUT2D eigenvalue weighted by atomic mass is 32.2. The van der Waals surface area contributed by atoms with Gasteiger partial charge in [-0.3, -0.25) is 0 Å². The van der Waals surface area contributed by atoms with E-state index in [0.717, 1.165) is 11.1 Å². The fraction of sp³-hybridized carbons (Fsp3) is 0.571. The molecule has 0 heterocycles. The number of nitrogens with zero attached hydrogens (tertiary/aromatic N) is 1. The first-order valence-corrected chi connectivity index (χ1v) is 7.81. The molecular formula is C14H23NO3S. The largest absolute Gasteiger partial charge is 0.389 e. The van der Waals surface area contributed by atoms with Crippen molar-refractivity contribution in [2.24, 2.45) is 0 Å². The first-order valence-electron chi connectivity index (χ1n) is 6.37. The molecule has 0 radical (unpaired) electrons. The smallest absolute Gasteiger partial charge is 0.243 e. The summed E-state index contributed by atoms with van der Waals surface area (Å²) in [7, 11) is -3.56. The molecular weight excluding hydrogens is 262 g/mol. The number of aliphatic hydroxyl groups is 1. The van der Waals surface area contributed by atoms with Crippen LogP contribution in [0.3, 0.4) is 0 Å². The average Bonchev–Trinajstić information content (AvgIpc) is 2.23. The topological polar surface area (TPSA) is 57.6 Å². The first kappa shape index (κ1) is 16.1. The van der Waals surface area contributed by atoms with E-state index in [1.807, 2.05) is 19.9 Å². The molecule has 0 saturated carbocycles. The summed E-state index contributed by atoms with van der Waals surface area (Å²) in [5.74, 6) is 0. The van der Waals surface area contributed by atoms with Crippen LogP contribution in [0.5, 0.6) is 0 Å². The minimum absolute atomic E-state index is 0.0822. The maximum Gasteiger partial charge on any atom is 0.243 e. The summed E-state index contributed by atoms with van der Waals surface area (Å²) >= 11 is 0. The average molecular weight is 285 g/mol. The molecule has 0 atom stereocenters. The molecule has 1 rings (SSSR count). The molecule has 1 aromatic rings. The predicted molar refractivity (Wildman–Crippen MR) is 76.6 cm³/mol.